The Morgan fingerprint density at radius 3 is 1.48 bits per heavy atom. The molecule has 0 saturated heterocycles. The second-order valence-electron chi connectivity index (χ2n) is 7.36. The molecule has 0 amide bonds. The first kappa shape index (κ1) is 20.1. The summed E-state index contributed by atoms with van der Waals surface area (Å²) in [5.74, 6) is 0. The van der Waals surface area contributed by atoms with E-state index < -0.39 is 11.2 Å². The highest BCUT2D eigenvalue weighted by Crippen LogP contribution is 2.26. The Morgan fingerprint density at radius 1 is 0.714 bits per heavy atom. The standard InChI is InChI=1S/C13H20O2.C4H10O2/c1-12(2,3)14-15-13(4,5)11-9-7-6-8-10-11;1-4(2,3)6-5/h6-10H,1-5H3;5H,1-3H3. The average molecular weight is 298 g/mol. The van der Waals surface area contributed by atoms with Gasteiger partial charge >= 0.3 is 0 Å². The van der Waals surface area contributed by atoms with Crippen molar-refractivity contribution < 1.29 is 19.9 Å². The van der Waals surface area contributed by atoms with Crippen molar-refractivity contribution in [3.63, 3.8) is 0 Å². The summed E-state index contributed by atoms with van der Waals surface area (Å²) in [6.45, 7) is 15.2. The molecule has 21 heavy (non-hydrogen) atoms. The normalized spacial score (nSPS) is 12.6. The van der Waals surface area contributed by atoms with Gasteiger partial charge in [-0.15, -0.1) is 0 Å². The van der Waals surface area contributed by atoms with Crippen LogP contribution >= 0.6 is 0 Å². The summed E-state index contributed by atoms with van der Waals surface area (Å²) >= 11 is 0. The molecule has 0 spiro atoms. The van der Waals surface area contributed by atoms with Crippen LogP contribution in [-0.2, 0) is 20.3 Å². The van der Waals surface area contributed by atoms with Crippen LogP contribution in [0.2, 0.25) is 0 Å². The summed E-state index contributed by atoms with van der Waals surface area (Å²) < 4.78 is 0. The predicted octanol–water partition coefficient (Wildman–Crippen LogP) is 4.94. The molecule has 0 aliphatic heterocycles. The Balaban J connectivity index is 0.000000567. The first-order chi connectivity index (χ1) is 9.37. The fraction of sp³-hybridized carbons (Fsp3) is 0.647. The van der Waals surface area contributed by atoms with Crippen LogP contribution in [0.1, 0.15) is 61.0 Å². The van der Waals surface area contributed by atoms with Crippen LogP contribution in [0.25, 0.3) is 0 Å². The van der Waals surface area contributed by atoms with E-state index in [-0.39, 0.29) is 5.60 Å². The third-order valence-electron chi connectivity index (χ3n) is 2.24. The Morgan fingerprint density at radius 2 is 1.14 bits per heavy atom. The van der Waals surface area contributed by atoms with Crippen LogP contribution in [0.3, 0.4) is 0 Å². The van der Waals surface area contributed by atoms with Crippen molar-refractivity contribution in [1.82, 2.24) is 0 Å². The molecule has 4 heteroatoms. The molecule has 0 atom stereocenters. The smallest absolute Gasteiger partial charge is 0.123 e. The summed E-state index contributed by atoms with van der Waals surface area (Å²) in [5.41, 5.74) is -0.00474. The van der Waals surface area contributed by atoms with E-state index in [1.54, 1.807) is 20.8 Å². The van der Waals surface area contributed by atoms with E-state index in [1.165, 1.54) is 0 Å². The van der Waals surface area contributed by atoms with Gasteiger partial charge in [-0.05, 0) is 61.0 Å². The van der Waals surface area contributed by atoms with Gasteiger partial charge in [-0.25, -0.2) is 14.7 Å². The number of hydrogen-bond donors (Lipinski definition) is 1. The average Bonchev–Trinajstić information content (AvgIpc) is 2.37. The van der Waals surface area contributed by atoms with Gasteiger partial charge in [0, 0.05) is 0 Å². The van der Waals surface area contributed by atoms with Gasteiger partial charge in [-0.3, -0.25) is 5.26 Å². The van der Waals surface area contributed by atoms with Gasteiger partial charge < -0.3 is 0 Å². The van der Waals surface area contributed by atoms with E-state index in [4.69, 9.17) is 15.0 Å². The van der Waals surface area contributed by atoms with Gasteiger partial charge in [0.15, 0.2) is 0 Å². The minimum absolute atomic E-state index is 0.286. The first-order valence-electron chi connectivity index (χ1n) is 7.12. The Bertz CT molecular complexity index is 385. The van der Waals surface area contributed by atoms with Crippen molar-refractivity contribution in [3.05, 3.63) is 35.9 Å². The zero-order chi connectivity index (χ0) is 16.7. The second-order valence-corrected chi connectivity index (χ2v) is 7.36. The quantitative estimate of drug-likeness (QED) is 0.634. The van der Waals surface area contributed by atoms with Crippen LogP contribution in [0.5, 0.6) is 0 Å². The van der Waals surface area contributed by atoms with Crippen molar-refractivity contribution in [1.29, 1.82) is 0 Å². The fourth-order valence-electron chi connectivity index (χ4n) is 1.12. The van der Waals surface area contributed by atoms with Gasteiger partial charge in [0.1, 0.15) is 5.60 Å². The molecule has 1 aromatic carbocycles. The fourth-order valence-corrected chi connectivity index (χ4v) is 1.12. The molecule has 122 valence electrons. The monoisotopic (exact) mass is 298 g/mol. The summed E-state index contributed by atoms with van der Waals surface area (Å²) in [7, 11) is 0. The van der Waals surface area contributed by atoms with Gasteiger partial charge in [-0.2, -0.15) is 0 Å². The molecule has 0 unspecified atom stereocenters. The second kappa shape index (κ2) is 7.90. The van der Waals surface area contributed by atoms with E-state index in [0.717, 1.165) is 5.56 Å². The number of rotatable bonds is 3. The maximum atomic E-state index is 7.90. The summed E-state index contributed by atoms with van der Waals surface area (Å²) in [6, 6.07) is 10.1. The largest absolute Gasteiger partial charge is 0.251 e. The summed E-state index contributed by atoms with van der Waals surface area (Å²) in [6.07, 6.45) is 0. The van der Waals surface area contributed by atoms with Crippen LogP contribution in [0.15, 0.2) is 30.3 Å². The van der Waals surface area contributed by atoms with Crippen molar-refractivity contribution in [2.45, 2.75) is 72.2 Å². The predicted molar refractivity (Wildman–Crippen MR) is 84.9 cm³/mol. The lowest BCUT2D eigenvalue weighted by atomic mass is 9.99. The Hall–Kier alpha value is -0.940. The maximum absolute atomic E-state index is 7.90. The molecular formula is C17H30O4. The van der Waals surface area contributed by atoms with Crippen molar-refractivity contribution >= 4 is 0 Å². The molecule has 0 fully saturated rings. The maximum Gasteiger partial charge on any atom is 0.123 e. The molecular weight excluding hydrogens is 268 g/mol. The molecule has 0 aliphatic rings. The molecule has 0 saturated carbocycles. The summed E-state index contributed by atoms with van der Waals surface area (Å²) in [5, 5.41) is 7.90. The highest BCUT2D eigenvalue weighted by atomic mass is 17.2. The van der Waals surface area contributed by atoms with E-state index in [9.17, 15) is 0 Å². The van der Waals surface area contributed by atoms with Crippen molar-refractivity contribution in [3.8, 4) is 0 Å². The zero-order valence-electron chi connectivity index (χ0n) is 14.6. The highest BCUT2D eigenvalue weighted by Gasteiger charge is 2.25. The Kier molecular flexibility index (Phi) is 7.54. The van der Waals surface area contributed by atoms with Gasteiger partial charge in [0.2, 0.25) is 0 Å². The molecule has 0 radical (unpaired) electrons. The molecule has 0 aliphatic carbocycles. The lowest BCUT2D eigenvalue weighted by molar-refractivity contribution is -0.401. The molecule has 4 nitrogen and oxygen atoms in total. The van der Waals surface area contributed by atoms with E-state index >= 15 is 0 Å². The minimum atomic E-state index is -0.422. The summed E-state index contributed by atoms with van der Waals surface area (Å²) in [4.78, 5) is 14.8. The van der Waals surface area contributed by atoms with Gasteiger partial charge in [0.25, 0.3) is 0 Å². The molecule has 0 aromatic heterocycles. The lowest BCUT2D eigenvalue weighted by Crippen LogP contribution is -2.28. The van der Waals surface area contributed by atoms with Crippen LogP contribution in [-0.4, -0.2) is 16.5 Å². The molecule has 1 rings (SSSR count). The molecule has 1 aromatic rings. The lowest BCUT2D eigenvalue weighted by Gasteiger charge is -2.28. The van der Waals surface area contributed by atoms with Crippen LogP contribution in [0.4, 0.5) is 0 Å². The van der Waals surface area contributed by atoms with Crippen molar-refractivity contribution in [2.75, 3.05) is 0 Å². The third kappa shape index (κ3) is 10.4. The molecule has 0 heterocycles. The van der Waals surface area contributed by atoms with E-state index in [2.05, 4.69) is 4.89 Å². The minimum Gasteiger partial charge on any atom is -0.251 e. The topological polar surface area (TPSA) is 47.9 Å². The Labute approximate surface area is 128 Å². The van der Waals surface area contributed by atoms with E-state index in [1.807, 2.05) is 65.0 Å². The number of hydrogen-bond acceptors (Lipinski definition) is 4. The highest BCUT2D eigenvalue weighted by molar-refractivity contribution is 5.20. The van der Waals surface area contributed by atoms with Crippen molar-refractivity contribution in [2.24, 2.45) is 0 Å². The van der Waals surface area contributed by atoms with E-state index in [0.29, 0.717) is 0 Å². The van der Waals surface area contributed by atoms with Crippen LogP contribution in [0, 0.1) is 0 Å². The molecule has 1 N–H and O–H groups in total. The first-order valence-corrected chi connectivity index (χ1v) is 7.12. The SMILES string of the molecule is CC(C)(C)OO.CC(C)(C)OOC(C)(C)c1ccccc1. The third-order valence-corrected chi connectivity index (χ3v) is 2.24. The zero-order valence-corrected chi connectivity index (χ0v) is 14.6. The molecule has 0 bridgehead atoms. The van der Waals surface area contributed by atoms with Gasteiger partial charge in [0.05, 0.1) is 11.2 Å². The van der Waals surface area contributed by atoms with Crippen LogP contribution < -0.4 is 0 Å². The number of benzene rings is 1. The van der Waals surface area contributed by atoms with Gasteiger partial charge in [-0.1, -0.05) is 30.3 Å².